The number of amides is 1. The van der Waals surface area contributed by atoms with Gasteiger partial charge >= 0.3 is 0 Å². The number of fused-ring (bicyclic) bond motifs is 1. The van der Waals surface area contributed by atoms with Crippen molar-refractivity contribution in [3.8, 4) is 0 Å². The fraction of sp³-hybridized carbons (Fsp3) is 0.611. The van der Waals surface area contributed by atoms with Crippen LogP contribution >= 0.6 is 0 Å². The molecule has 1 aromatic carbocycles. The van der Waals surface area contributed by atoms with E-state index in [2.05, 4.69) is 5.32 Å². The predicted octanol–water partition coefficient (Wildman–Crippen LogP) is 2.52. The zero-order chi connectivity index (χ0) is 15.8. The summed E-state index contributed by atoms with van der Waals surface area (Å²) in [7, 11) is 0. The molecule has 4 rings (SSSR count). The molecular formula is C18H24FN3O. The van der Waals surface area contributed by atoms with E-state index in [-0.39, 0.29) is 11.7 Å². The minimum atomic E-state index is -0.191. The van der Waals surface area contributed by atoms with Gasteiger partial charge in [0.15, 0.2) is 0 Å². The highest BCUT2D eigenvalue weighted by Gasteiger charge is 2.34. The Bertz CT molecular complexity index is 607. The molecule has 2 heterocycles. The number of halogens is 1. The van der Waals surface area contributed by atoms with Gasteiger partial charge in [0.05, 0.1) is 5.69 Å². The zero-order valence-electron chi connectivity index (χ0n) is 13.5. The Morgan fingerprint density at radius 1 is 1.09 bits per heavy atom. The van der Waals surface area contributed by atoms with Crippen LogP contribution in [0.2, 0.25) is 0 Å². The van der Waals surface area contributed by atoms with Crippen LogP contribution in [0.25, 0.3) is 0 Å². The lowest BCUT2D eigenvalue weighted by Gasteiger charge is -2.31. The average Bonchev–Trinajstić information content (AvgIpc) is 2.91. The van der Waals surface area contributed by atoms with Gasteiger partial charge in [0.2, 0.25) is 0 Å². The van der Waals surface area contributed by atoms with Crippen molar-refractivity contribution < 1.29 is 9.18 Å². The van der Waals surface area contributed by atoms with Crippen molar-refractivity contribution in [3.05, 3.63) is 29.1 Å². The molecule has 2 fully saturated rings. The number of hydrogen-bond acceptors (Lipinski definition) is 3. The van der Waals surface area contributed by atoms with Gasteiger partial charge in [0, 0.05) is 44.3 Å². The van der Waals surface area contributed by atoms with E-state index in [4.69, 9.17) is 0 Å². The molecule has 0 atom stereocenters. The third kappa shape index (κ3) is 2.71. The smallest absolute Gasteiger partial charge is 0.254 e. The summed E-state index contributed by atoms with van der Waals surface area (Å²) < 4.78 is 14.5. The number of hydrogen-bond donors (Lipinski definition) is 1. The van der Waals surface area contributed by atoms with Crippen molar-refractivity contribution in [1.82, 2.24) is 10.2 Å². The minimum absolute atomic E-state index is 0.100. The molecule has 0 unspecified atom stereocenters. The predicted molar refractivity (Wildman–Crippen MR) is 88.2 cm³/mol. The topological polar surface area (TPSA) is 35.6 Å². The van der Waals surface area contributed by atoms with Crippen LogP contribution in [0.4, 0.5) is 10.1 Å². The lowest BCUT2D eigenvalue weighted by Crippen LogP contribution is -2.44. The lowest BCUT2D eigenvalue weighted by atomic mass is 9.94. The summed E-state index contributed by atoms with van der Waals surface area (Å²) in [6.45, 7) is 3.88. The largest absolute Gasteiger partial charge is 0.367 e. The highest BCUT2D eigenvalue weighted by molar-refractivity contribution is 5.99. The van der Waals surface area contributed by atoms with E-state index in [0.29, 0.717) is 23.8 Å². The lowest BCUT2D eigenvalue weighted by molar-refractivity contribution is 0.0660. The van der Waals surface area contributed by atoms with Crippen LogP contribution in [-0.4, -0.2) is 43.0 Å². The number of anilines is 1. The van der Waals surface area contributed by atoms with E-state index < -0.39 is 0 Å². The fourth-order valence-corrected chi connectivity index (χ4v) is 4.18. The maximum absolute atomic E-state index is 14.5. The van der Waals surface area contributed by atoms with Crippen molar-refractivity contribution in [3.63, 3.8) is 0 Å². The van der Waals surface area contributed by atoms with Gasteiger partial charge in [-0.05, 0) is 30.5 Å². The number of benzene rings is 1. The van der Waals surface area contributed by atoms with E-state index >= 15 is 0 Å². The molecule has 124 valence electrons. The second-order valence-corrected chi connectivity index (χ2v) is 6.92. The van der Waals surface area contributed by atoms with Gasteiger partial charge in [-0.1, -0.05) is 19.3 Å². The summed E-state index contributed by atoms with van der Waals surface area (Å²) >= 11 is 0. The molecule has 1 aliphatic carbocycles. The fourth-order valence-electron chi connectivity index (χ4n) is 4.18. The van der Waals surface area contributed by atoms with Gasteiger partial charge in [-0.3, -0.25) is 4.79 Å². The first-order valence-electron chi connectivity index (χ1n) is 8.83. The van der Waals surface area contributed by atoms with Gasteiger partial charge < -0.3 is 15.1 Å². The third-order valence-electron chi connectivity index (χ3n) is 5.48. The van der Waals surface area contributed by atoms with E-state index in [9.17, 15) is 9.18 Å². The first-order valence-corrected chi connectivity index (χ1v) is 8.83. The molecular weight excluding hydrogens is 293 g/mol. The van der Waals surface area contributed by atoms with Crippen LogP contribution in [-0.2, 0) is 6.54 Å². The van der Waals surface area contributed by atoms with Crippen LogP contribution in [0.5, 0.6) is 0 Å². The van der Waals surface area contributed by atoms with Crippen molar-refractivity contribution >= 4 is 11.6 Å². The van der Waals surface area contributed by atoms with E-state index in [1.807, 2.05) is 9.80 Å². The quantitative estimate of drug-likeness (QED) is 0.910. The Hall–Kier alpha value is -1.62. The Labute approximate surface area is 136 Å². The normalized spacial score (nSPS) is 22.6. The van der Waals surface area contributed by atoms with Crippen molar-refractivity contribution in [2.24, 2.45) is 0 Å². The van der Waals surface area contributed by atoms with Crippen LogP contribution in [0.3, 0.4) is 0 Å². The number of nitrogens with one attached hydrogen (secondary N) is 1. The van der Waals surface area contributed by atoms with Gasteiger partial charge in [0.25, 0.3) is 5.91 Å². The first-order chi connectivity index (χ1) is 11.2. The summed E-state index contributed by atoms with van der Waals surface area (Å²) in [4.78, 5) is 16.8. The summed E-state index contributed by atoms with van der Waals surface area (Å²) in [5, 5.41) is 3.28. The molecule has 0 aromatic heterocycles. The maximum Gasteiger partial charge on any atom is 0.254 e. The summed E-state index contributed by atoms with van der Waals surface area (Å²) in [5.74, 6) is -0.0905. The standard InChI is InChI=1S/C18H24FN3O/c19-16-10-13-12-22(14-4-2-1-3-5-14)18(23)15(13)11-17(16)21-8-6-20-7-9-21/h10-11,14,20H,1-9,12H2. The second kappa shape index (κ2) is 6.11. The van der Waals surface area contributed by atoms with Crippen molar-refractivity contribution in [2.75, 3.05) is 31.1 Å². The molecule has 4 nitrogen and oxygen atoms in total. The second-order valence-electron chi connectivity index (χ2n) is 6.92. The molecule has 1 N–H and O–H groups in total. The van der Waals surface area contributed by atoms with Gasteiger partial charge in [0.1, 0.15) is 5.82 Å². The van der Waals surface area contributed by atoms with Crippen LogP contribution in [0.15, 0.2) is 12.1 Å². The number of piperazine rings is 1. The van der Waals surface area contributed by atoms with Gasteiger partial charge in [-0.25, -0.2) is 4.39 Å². The van der Waals surface area contributed by atoms with Gasteiger partial charge in [-0.2, -0.15) is 0 Å². The monoisotopic (exact) mass is 317 g/mol. The molecule has 0 radical (unpaired) electrons. The Balaban J connectivity index is 1.60. The average molecular weight is 317 g/mol. The number of rotatable bonds is 2. The number of carbonyl (C=O) groups excluding carboxylic acids is 1. The molecule has 23 heavy (non-hydrogen) atoms. The van der Waals surface area contributed by atoms with Crippen molar-refractivity contribution in [2.45, 2.75) is 44.7 Å². The first kappa shape index (κ1) is 14.9. The molecule has 1 amide bonds. The molecule has 0 bridgehead atoms. The van der Waals surface area contributed by atoms with Crippen LogP contribution in [0, 0.1) is 5.82 Å². The third-order valence-corrected chi connectivity index (χ3v) is 5.48. The molecule has 1 aromatic rings. The molecule has 1 saturated carbocycles. The molecule has 3 aliphatic rings. The van der Waals surface area contributed by atoms with Crippen LogP contribution in [0.1, 0.15) is 48.0 Å². The summed E-state index contributed by atoms with van der Waals surface area (Å²) in [6.07, 6.45) is 5.85. The van der Waals surface area contributed by atoms with Crippen LogP contribution < -0.4 is 10.2 Å². The summed E-state index contributed by atoms with van der Waals surface area (Å²) in [6, 6.07) is 3.73. The molecule has 1 saturated heterocycles. The van der Waals surface area contributed by atoms with E-state index in [1.54, 1.807) is 12.1 Å². The Morgan fingerprint density at radius 2 is 1.83 bits per heavy atom. The zero-order valence-corrected chi connectivity index (χ0v) is 13.5. The molecule has 0 spiro atoms. The Kier molecular flexibility index (Phi) is 3.97. The minimum Gasteiger partial charge on any atom is -0.367 e. The molecule has 2 aliphatic heterocycles. The van der Waals surface area contributed by atoms with E-state index in [0.717, 1.165) is 44.6 Å². The summed E-state index contributed by atoms with van der Waals surface area (Å²) in [5.41, 5.74) is 2.16. The Morgan fingerprint density at radius 3 is 2.57 bits per heavy atom. The molecule has 5 heteroatoms. The highest BCUT2D eigenvalue weighted by Crippen LogP contribution is 2.34. The van der Waals surface area contributed by atoms with Gasteiger partial charge in [-0.15, -0.1) is 0 Å². The SMILES string of the molecule is O=C1c2cc(N3CCNCC3)c(F)cc2CN1C1CCCCC1. The van der Waals surface area contributed by atoms with E-state index in [1.165, 1.54) is 19.3 Å². The number of nitrogens with zero attached hydrogens (tertiary/aromatic N) is 2. The maximum atomic E-state index is 14.5. The van der Waals surface area contributed by atoms with Crippen molar-refractivity contribution in [1.29, 1.82) is 0 Å². The number of carbonyl (C=O) groups is 1. The highest BCUT2D eigenvalue weighted by atomic mass is 19.1.